The average molecular weight is 499 g/mol. The van der Waals surface area contributed by atoms with Crippen LogP contribution in [0, 0.1) is 15.9 Å². The van der Waals surface area contributed by atoms with E-state index in [2.05, 4.69) is 35.1 Å². The molecular formula is C22H30INO4. The van der Waals surface area contributed by atoms with Gasteiger partial charge in [0.15, 0.2) is 17.6 Å². The zero-order valence-corrected chi connectivity index (χ0v) is 19.5. The number of unbranched alkanes of at least 4 members (excludes halogenated alkanes) is 1. The third kappa shape index (κ3) is 7.63. The van der Waals surface area contributed by atoms with Crippen LogP contribution in [0.1, 0.15) is 45.6 Å². The third-order valence-electron chi connectivity index (χ3n) is 3.79. The summed E-state index contributed by atoms with van der Waals surface area (Å²) in [6, 6.07) is 3.74. The molecule has 0 spiro atoms. The van der Waals surface area contributed by atoms with E-state index in [4.69, 9.17) is 20.6 Å². The SMILES string of the molecule is C#C[C@H](CCCC=C)Oc1c(OC)ccc(CN(C)C(=O)OC(C)(C)C)c1I. The van der Waals surface area contributed by atoms with E-state index in [9.17, 15) is 4.79 Å². The Morgan fingerprint density at radius 3 is 2.64 bits per heavy atom. The van der Waals surface area contributed by atoms with Crippen molar-refractivity contribution in [2.45, 2.75) is 58.3 Å². The van der Waals surface area contributed by atoms with E-state index in [0.717, 1.165) is 28.4 Å². The summed E-state index contributed by atoms with van der Waals surface area (Å²) in [5.41, 5.74) is 0.379. The van der Waals surface area contributed by atoms with Crippen molar-refractivity contribution in [2.75, 3.05) is 14.2 Å². The minimum absolute atomic E-state index is 0.360. The van der Waals surface area contributed by atoms with Crippen LogP contribution in [-0.4, -0.2) is 36.9 Å². The number of carbonyl (C=O) groups is 1. The molecule has 0 fully saturated rings. The fourth-order valence-electron chi connectivity index (χ4n) is 2.40. The number of benzene rings is 1. The number of methoxy groups -OCH3 is 1. The second kappa shape index (κ2) is 11.2. The number of rotatable bonds is 9. The van der Waals surface area contributed by atoms with E-state index in [0.29, 0.717) is 18.0 Å². The normalized spacial score (nSPS) is 11.9. The second-order valence-electron chi connectivity index (χ2n) is 7.40. The Labute approximate surface area is 182 Å². The number of nitrogens with zero attached hydrogens (tertiary/aromatic N) is 1. The van der Waals surface area contributed by atoms with Gasteiger partial charge in [-0.1, -0.05) is 18.1 Å². The molecule has 0 N–H and O–H groups in total. The van der Waals surface area contributed by atoms with Crippen LogP contribution in [0.25, 0.3) is 0 Å². The maximum absolute atomic E-state index is 12.3. The van der Waals surface area contributed by atoms with Crippen molar-refractivity contribution >= 4 is 28.7 Å². The first-order valence-corrected chi connectivity index (χ1v) is 10.2. The Morgan fingerprint density at radius 2 is 2.11 bits per heavy atom. The predicted molar refractivity (Wildman–Crippen MR) is 121 cm³/mol. The Bertz CT molecular complexity index is 718. The molecule has 154 valence electrons. The van der Waals surface area contributed by atoms with E-state index in [1.54, 1.807) is 14.2 Å². The van der Waals surface area contributed by atoms with Crippen LogP contribution in [0.5, 0.6) is 11.5 Å². The molecular weight excluding hydrogens is 469 g/mol. The minimum Gasteiger partial charge on any atom is -0.493 e. The lowest BCUT2D eigenvalue weighted by atomic mass is 10.1. The number of hydrogen-bond donors (Lipinski definition) is 0. The van der Waals surface area contributed by atoms with Crippen molar-refractivity contribution in [2.24, 2.45) is 0 Å². The largest absolute Gasteiger partial charge is 0.493 e. The highest BCUT2D eigenvalue weighted by Gasteiger charge is 2.22. The zero-order valence-electron chi connectivity index (χ0n) is 17.4. The standard InChI is InChI=1S/C22H30INO4/c1-8-10-11-12-17(9-2)27-20-18(26-7)14-13-16(19(20)23)15-24(6)21(25)28-22(3,4)5/h2,8,13-14,17H,1,10-12,15H2,3-7H3/t17-/m1/s1. The maximum atomic E-state index is 12.3. The third-order valence-corrected chi connectivity index (χ3v) is 4.98. The lowest BCUT2D eigenvalue weighted by molar-refractivity contribution is 0.0284. The molecule has 0 heterocycles. The number of hydrogen-bond acceptors (Lipinski definition) is 4. The summed E-state index contributed by atoms with van der Waals surface area (Å²) in [5, 5.41) is 0. The Hall–Kier alpha value is -1.88. The van der Waals surface area contributed by atoms with Crippen molar-refractivity contribution in [3.63, 3.8) is 0 Å². The van der Waals surface area contributed by atoms with E-state index < -0.39 is 5.60 Å². The van der Waals surface area contributed by atoms with E-state index in [1.165, 1.54) is 4.90 Å². The maximum Gasteiger partial charge on any atom is 0.410 e. The highest BCUT2D eigenvalue weighted by Crippen LogP contribution is 2.36. The van der Waals surface area contributed by atoms with Crippen LogP contribution >= 0.6 is 22.6 Å². The van der Waals surface area contributed by atoms with Crippen molar-refractivity contribution < 1.29 is 19.0 Å². The monoisotopic (exact) mass is 499 g/mol. The number of allylic oxidation sites excluding steroid dienone is 1. The molecule has 0 aliphatic heterocycles. The summed E-state index contributed by atoms with van der Waals surface area (Å²) in [4.78, 5) is 13.8. The van der Waals surface area contributed by atoms with Gasteiger partial charge in [-0.3, -0.25) is 0 Å². The molecule has 1 aromatic rings. The topological polar surface area (TPSA) is 48.0 Å². The Kier molecular flexibility index (Phi) is 9.66. The van der Waals surface area contributed by atoms with Gasteiger partial charge in [0.1, 0.15) is 5.60 Å². The molecule has 0 saturated carbocycles. The molecule has 1 amide bonds. The van der Waals surface area contributed by atoms with Crippen LogP contribution in [0.15, 0.2) is 24.8 Å². The average Bonchev–Trinajstić information content (AvgIpc) is 2.62. The van der Waals surface area contributed by atoms with E-state index in [-0.39, 0.29) is 12.2 Å². The van der Waals surface area contributed by atoms with Gasteiger partial charge in [0, 0.05) is 13.6 Å². The van der Waals surface area contributed by atoms with E-state index in [1.807, 2.05) is 39.0 Å². The lowest BCUT2D eigenvalue weighted by Crippen LogP contribution is -2.34. The van der Waals surface area contributed by atoms with Gasteiger partial charge >= 0.3 is 6.09 Å². The van der Waals surface area contributed by atoms with Crippen molar-refractivity contribution in [3.05, 3.63) is 33.9 Å². The number of halogens is 1. The predicted octanol–water partition coefficient (Wildman–Crippen LogP) is 5.40. The van der Waals surface area contributed by atoms with Crippen molar-refractivity contribution in [3.8, 4) is 23.8 Å². The fraction of sp³-hybridized carbons (Fsp3) is 0.500. The van der Waals surface area contributed by atoms with Crippen LogP contribution in [0.3, 0.4) is 0 Å². The molecule has 5 nitrogen and oxygen atoms in total. The van der Waals surface area contributed by atoms with Crippen LogP contribution in [-0.2, 0) is 11.3 Å². The first-order chi connectivity index (χ1) is 13.1. The number of terminal acetylenes is 1. The molecule has 1 atom stereocenters. The molecule has 1 aromatic carbocycles. The van der Waals surface area contributed by atoms with Gasteiger partial charge in [-0.2, -0.15) is 0 Å². The molecule has 0 bridgehead atoms. The smallest absolute Gasteiger partial charge is 0.410 e. The van der Waals surface area contributed by atoms with E-state index >= 15 is 0 Å². The summed E-state index contributed by atoms with van der Waals surface area (Å²) in [6.07, 6.45) is 9.28. The molecule has 0 aromatic heterocycles. The number of ether oxygens (including phenoxy) is 3. The number of carbonyl (C=O) groups excluding carboxylic acids is 1. The molecule has 1 rings (SSSR count). The van der Waals surface area contributed by atoms with Crippen LogP contribution in [0.2, 0.25) is 0 Å². The lowest BCUT2D eigenvalue weighted by Gasteiger charge is -2.25. The van der Waals surface area contributed by atoms with Gasteiger partial charge in [0.2, 0.25) is 0 Å². The van der Waals surface area contributed by atoms with Crippen molar-refractivity contribution in [1.29, 1.82) is 0 Å². The van der Waals surface area contributed by atoms with Gasteiger partial charge in [-0.25, -0.2) is 4.79 Å². The molecule has 28 heavy (non-hydrogen) atoms. The van der Waals surface area contributed by atoms with Gasteiger partial charge < -0.3 is 19.1 Å². The summed E-state index contributed by atoms with van der Waals surface area (Å²) in [5.74, 6) is 3.90. The highest BCUT2D eigenvalue weighted by molar-refractivity contribution is 14.1. The highest BCUT2D eigenvalue weighted by atomic mass is 127. The zero-order chi connectivity index (χ0) is 21.3. The Morgan fingerprint density at radius 1 is 1.43 bits per heavy atom. The van der Waals surface area contributed by atoms with Gasteiger partial charge in [0.25, 0.3) is 0 Å². The van der Waals surface area contributed by atoms with Crippen molar-refractivity contribution in [1.82, 2.24) is 4.90 Å². The second-order valence-corrected chi connectivity index (χ2v) is 8.48. The van der Waals surface area contributed by atoms with Crippen LogP contribution < -0.4 is 9.47 Å². The molecule has 0 aliphatic rings. The summed E-state index contributed by atoms with van der Waals surface area (Å²) >= 11 is 2.20. The number of amides is 1. The molecule has 0 aliphatic carbocycles. The Balaban J connectivity index is 3.01. The summed E-state index contributed by atoms with van der Waals surface area (Å²) in [7, 11) is 3.29. The summed E-state index contributed by atoms with van der Waals surface area (Å²) < 4.78 is 17.8. The summed E-state index contributed by atoms with van der Waals surface area (Å²) in [6.45, 7) is 9.63. The van der Waals surface area contributed by atoms with Gasteiger partial charge in [-0.15, -0.1) is 13.0 Å². The first-order valence-electron chi connectivity index (χ1n) is 9.16. The van der Waals surface area contributed by atoms with Crippen LogP contribution in [0.4, 0.5) is 4.79 Å². The minimum atomic E-state index is -0.544. The van der Waals surface area contributed by atoms with Gasteiger partial charge in [0.05, 0.1) is 10.7 Å². The first kappa shape index (κ1) is 24.2. The fourth-order valence-corrected chi connectivity index (χ4v) is 3.14. The molecule has 0 saturated heterocycles. The molecule has 6 heteroatoms. The van der Waals surface area contributed by atoms with Gasteiger partial charge in [-0.05, 0) is 74.3 Å². The molecule has 0 unspecified atom stereocenters. The molecule has 0 radical (unpaired) electrons. The quantitative estimate of drug-likeness (QED) is 0.198.